The molecule has 1 saturated heterocycles. The highest BCUT2D eigenvalue weighted by Crippen LogP contribution is 2.35. The molecular weight excluding hydrogens is 415 g/mol. The fraction of sp³-hybridized carbons (Fsp3) is 0.619. The van der Waals surface area contributed by atoms with E-state index < -0.39 is 6.04 Å². The van der Waals surface area contributed by atoms with Crippen LogP contribution in [0, 0.1) is 5.92 Å². The molecule has 0 aliphatic carbocycles. The van der Waals surface area contributed by atoms with Crippen LogP contribution in [0.5, 0.6) is 0 Å². The number of unbranched alkanes of at least 4 members (excludes halogenated alkanes) is 3. The number of hydrogen-bond acceptors (Lipinski definition) is 3. The Labute approximate surface area is 182 Å². The first kappa shape index (κ1) is 23.4. The van der Waals surface area contributed by atoms with Gasteiger partial charge in [0.15, 0.2) is 0 Å². The van der Waals surface area contributed by atoms with Crippen molar-refractivity contribution in [3.05, 3.63) is 33.8 Å². The number of halogens is 2. The summed E-state index contributed by atoms with van der Waals surface area (Å²) >= 11 is 13.8. The molecule has 1 fully saturated rings. The number of amides is 2. The average molecular weight is 445 g/mol. The maximum absolute atomic E-state index is 13.3. The Hall–Kier alpha value is -0.910. The minimum atomic E-state index is -0.457. The Morgan fingerprint density at radius 2 is 1.96 bits per heavy atom. The van der Waals surface area contributed by atoms with Gasteiger partial charge in [-0.3, -0.25) is 9.59 Å². The lowest BCUT2D eigenvalue weighted by Gasteiger charge is -2.30. The average Bonchev–Trinajstić information content (AvgIpc) is 3.06. The molecule has 0 bridgehead atoms. The summed E-state index contributed by atoms with van der Waals surface area (Å²) in [5.41, 5.74) is 0.464. The second-order valence-electron chi connectivity index (χ2n) is 7.63. The van der Waals surface area contributed by atoms with Crippen molar-refractivity contribution in [1.82, 2.24) is 10.2 Å². The predicted octanol–water partition coefficient (Wildman–Crippen LogP) is 5.62. The van der Waals surface area contributed by atoms with Gasteiger partial charge < -0.3 is 10.2 Å². The van der Waals surface area contributed by atoms with Crippen molar-refractivity contribution in [2.45, 2.75) is 64.3 Å². The van der Waals surface area contributed by atoms with Crippen LogP contribution in [0.25, 0.3) is 0 Å². The first-order valence-electron chi connectivity index (χ1n) is 10.0. The van der Waals surface area contributed by atoms with Crippen molar-refractivity contribution in [3.63, 3.8) is 0 Å². The molecule has 4 nitrogen and oxygen atoms in total. The highest BCUT2D eigenvalue weighted by molar-refractivity contribution is 8.00. The Morgan fingerprint density at radius 3 is 2.61 bits per heavy atom. The van der Waals surface area contributed by atoms with Gasteiger partial charge in [0.2, 0.25) is 5.91 Å². The predicted molar refractivity (Wildman–Crippen MR) is 119 cm³/mol. The van der Waals surface area contributed by atoms with E-state index in [9.17, 15) is 9.59 Å². The monoisotopic (exact) mass is 444 g/mol. The number of carbonyl (C=O) groups excluding carboxylic acids is 2. The minimum absolute atomic E-state index is 0.0159. The van der Waals surface area contributed by atoms with Crippen LogP contribution in [0.3, 0.4) is 0 Å². The van der Waals surface area contributed by atoms with Crippen molar-refractivity contribution in [2.24, 2.45) is 5.92 Å². The largest absolute Gasteiger partial charge is 0.354 e. The highest BCUT2D eigenvalue weighted by atomic mass is 35.5. The highest BCUT2D eigenvalue weighted by Gasteiger charge is 2.41. The maximum Gasteiger partial charge on any atom is 0.255 e. The van der Waals surface area contributed by atoms with Crippen LogP contribution in [0.1, 0.15) is 63.2 Å². The summed E-state index contributed by atoms with van der Waals surface area (Å²) in [4.78, 5) is 27.8. The van der Waals surface area contributed by atoms with E-state index in [0.717, 1.165) is 25.7 Å². The molecule has 156 valence electrons. The summed E-state index contributed by atoms with van der Waals surface area (Å²) in [5.74, 6) is 0.812. The first-order chi connectivity index (χ1) is 13.3. The van der Waals surface area contributed by atoms with Gasteiger partial charge in [0.25, 0.3) is 5.91 Å². The minimum Gasteiger partial charge on any atom is -0.354 e. The van der Waals surface area contributed by atoms with Gasteiger partial charge in [0.1, 0.15) is 6.04 Å². The molecule has 0 saturated carbocycles. The fourth-order valence-corrected chi connectivity index (χ4v) is 5.22. The second kappa shape index (κ2) is 11.3. The van der Waals surface area contributed by atoms with Gasteiger partial charge in [-0.1, -0.05) is 63.2 Å². The van der Waals surface area contributed by atoms with E-state index in [1.165, 1.54) is 6.42 Å². The number of carbonyl (C=O) groups is 2. The summed E-state index contributed by atoms with van der Waals surface area (Å²) in [6.07, 6.45) is 5.26. The summed E-state index contributed by atoms with van der Waals surface area (Å²) in [6, 6.07) is 4.43. The first-order valence-corrected chi connectivity index (χ1v) is 11.8. The number of hydrogen-bond donors (Lipinski definition) is 1. The van der Waals surface area contributed by atoms with Crippen LogP contribution in [0.2, 0.25) is 10.0 Å². The zero-order chi connectivity index (χ0) is 20.7. The molecule has 2 unspecified atom stereocenters. The fourth-order valence-electron chi connectivity index (χ4n) is 3.28. The lowest BCUT2D eigenvalue weighted by molar-refractivity contribution is -0.124. The molecule has 1 N–H and O–H groups in total. The van der Waals surface area contributed by atoms with Crippen LogP contribution in [-0.2, 0) is 4.79 Å². The SMILES string of the molecule is CCCCCCNC(=O)C1CSC(CC(C)C)N1C(=O)c1ccc(Cl)c(Cl)c1. The molecule has 2 rings (SSSR count). The maximum atomic E-state index is 13.3. The van der Waals surface area contributed by atoms with Gasteiger partial charge in [-0.05, 0) is 37.0 Å². The number of benzene rings is 1. The van der Waals surface area contributed by atoms with Gasteiger partial charge in [-0.15, -0.1) is 11.8 Å². The third-order valence-electron chi connectivity index (χ3n) is 4.80. The molecule has 2 amide bonds. The molecule has 0 spiro atoms. The lowest BCUT2D eigenvalue weighted by atomic mass is 10.1. The molecule has 1 aromatic rings. The van der Waals surface area contributed by atoms with Crippen molar-refractivity contribution in [3.8, 4) is 0 Å². The molecule has 1 aliphatic heterocycles. The zero-order valence-corrected chi connectivity index (χ0v) is 19.2. The van der Waals surface area contributed by atoms with Crippen molar-refractivity contribution in [1.29, 1.82) is 0 Å². The lowest BCUT2D eigenvalue weighted by Crippen LogP contribution is -2.50. The van der Waals surface area contributed by atoms with Crippen LogP contribution < -0.4 is 5.32 Å². The van der Waals surface area contributed by atoms with E-state index in [-0.39, 0.29) is 17.2 Å². The third-order valence-corrected chi connectivity index (χ3v) is 6.85. The molecule has 0 radical (unpaired) electrons. The molecule has 7 heteroatoms. The quantitative estimate of drug-likeness (QED) is 0.502. The van der Waals surface area contributed by atoms with Crippen LogP contribution in [0.4, 0.5) is 0 Å². The number of nitrogens with zero attached hydrogens (tertiary/aromatic N) is 1. The van der Waals surface area contributed by atoms with E-state index in [1.807, 2.05) is 0 Å². The topological polar surface area (TPSA) is 49.4 Å². The van der Waals surface area contributed by atoms with Gasteiger partial charge in [0, 0.05) is 17.9 Å². The Balaban J connectivity index is 2.13. The molecule has 2 atom stereocenters. The molecular formula is C21H30Cl2N2O2S. The normalized spacial score (nSPS) is 19.3. The summed E-state index contributed by atoms with van der Waals surface area (Å²) in [6.45, 7) is 7.08. The van der Waals surface area contributed by atoms with E-state index in [2.05, 4.69) is 26.1 Å². The Kier molecular flexibility index (Phi) is 9.45. The number of rotatable bonds is 9. The van der Waals surface area contributed by atoms with Crippen molar-refractivity contribution in [2.75, 3.05) is 12.3 Å². The van der Waals surface area contributed by atoms with E-state index in [0.29, 0.717) is 33.8 Å². The van der Waals surface area contributed by atoms with Gasteiger partial charge in [-0.2, -0.15) is 0 Å². The molecule has 1 aromatic carbocycles. The number of nitrogens with one attached hydrogen (secondary N) is 1. The van der Waals surface area contributed by atoms with E-state index >= 15 is 0 Å². The van der Waals surface area contributed by atoms with E-state index in [4.69, 9.17) is 23.2 Å². The van der Waals surface area contributed by atoms with Gasteiger partial charge in [-0.25, -0.2) is 0 Å². The van der Waals surface area contributed by atoms with Crippen LogP contribution in [-0.4, -0.2) is 40.4 Å². The second-order valence-corrected chi connectivity index (χ2v) is 9.65. The van der Waals surface area contributed by atoms with E-state index in [1.54, 1.807) is 34.9 Å². The van der Waals surface area contributed by atoms with Gasteiger partial charge >= 0.3 is 0 Å². The molecule has 28 heavy (non-hydrogen) atoms. The summed E-state index contributed by atoms with van der Waals surface area (Å²) in [5, 5.41) is 3.76. The Bertz CT molecular complexity index is 684. The van der Waals surface area contributed by atoms with Crippen LogP contribution in [0.15, 0.2) is 18.2 Å². The number of thioether (sulfide) groups is 1. The smallest absolute Gasteiger partial charge is 0.255 e. The van der Waals surface area contributed by atoms with Crippen molar-refractivity contribution < 1.29 is 9.59 Å². The van der Waals surface area contributed by atoms with Crippen LogP contribution >= 0.6 is 35.0 Å². The Morgan fingerprint density at radius 1 is 1.21 bits per heavy atom. The zero-order valence-electron chi connectivity index (χ0n) is 16.8. The van der Waals surface area contributed by atoms with Crippen molar-refractivity contribution >= 4 is 46.8 Å². The molecule has 1 aliphatic rings. The summed E-state index contributed by atoms with van der Waals surface area (Å²) in [7, 11) is 0. The molecule has 0 aromatic heterocycles. The van der Waals surface area contributed by atoms with Gasteiger partial charge in [0.05, 0.1) is 15.4 Å². The standard InChI is InChI=1S/C21H30Cl2N2O2S/c1-4-5-6-7-10-24-20(26)18-13-28-19(11-14(2)3)25(18)21(27)15-8-9-16(22)17(23)12-15/h8-9,12,14,18-19H,4-7,10-11,13H2,1-3H3,(H,24,26). The third kappa shape index (κ3) is 6.30. The molecule has 1 heterocycles. The summed E-state index contributed by atoms with van der Waals surface area (Å²) < 4.78 is 0.